The molecule has 3 N–H and O–H groups in total. The Labute approximate surface area is 163 Å². The minimum absolute atomic E-state index is 0.120. The van der Waals surface area contributed by atoms with Gasteiger partial charge in [0.2, 0.25) is 0 Å². The lowest BCUT2D eigenvalue weighted by Gasteiger charge is -2.20. The number of carbonyl (C=O) groups is 1. The van der Waals surface area contributed by atoms with Crippen molar-refractivity contribution in [3.05, 3.63) is 29.5 Å². The monoisotopic (exact) mass is 457 g/mol. The van der Waals surface area contributed by atoms with Gasteiger partial charge in [-0.2, -0.15) is 0 Å². The van der Waals surface area contributed by atoms with Crippen LogP contribution in [0.1, 0.15) is 51.0 Å². The molecular weight excluding hydrogens is 431 g/mol. The third-order valence-corrected chi connectivity index (χ3v) is 5.66. The lowest BCUT2D eigenvalue weighted by Crippen LogP contribution is -2.74. The summed E-state index contributed by atoms with van der Waals surface area (Å²) in [6.07, 6.45) is 5.57. The number of allylic oxidation sites excluding steroid dienone is 1. The predicted octanol–water partition coefficient (Wildman–Crippen LogP) is 3.21. The lowest BCUT2D eigenvalue weighted by atomic mass is 9.90. The van der Waals surface area contributed by atoms with Crippen LogP contribution in [0, 0.1) is 0 Å². The topological polar surface area (TPSA) is 64.2 Å². The third kappa shape index (κ3) is 4.74. The Hall–Kier alpha value is -1.12. The molecule has 0 amide bonds. The molecule has 2 aliphatic rings. The van der Waals surface area contributed by atoms with E-state index in [1.807, 2.05) is 13.0 Å². The molecule has 0 saturated carbocycles. The van der Waals surface area contributed by atoms with E-state index in [0.717, 1.165) is 31.4 Å². The second-order valence-corrected chi connectivity index (χ2v) is 7.18. The Morgan fingerprint density at radius 3 is 3.08 bits per heavy atom. The fourth-order valence-electron chi connectivity index (χ4n) is 3.49. The molecule has 1 unspecified atom stereocenters. The molecule has 0 aromatic heterocycles. The molecule has 1 aromatic carbocycles. The van der Waals surface area contributed by atoms with Gasteiger partial charge in [-0.3, -0.25) is 13.6 Å². The minimum atomic E-state index is -0.120. The van der Waals surface area contributed by atoms with Gasteiger partial charge in [0.05, 0.1) is 13.2 Å². The maximum atomic E-state index is 11.3. The molecule has 1 heterocycles. The zero-order chi connectivity index (χ0) is 17.6. The molecule has 0 radical (unpaired) electrons. The molecule has 25 heavy (non-hydrogen) atoms. The number of esters is 1. The summed E-state index contributed by atoms with van der Waals surface area (Å²) in [4.78, 5) is 11.3. The van der Waals surface area contributed by atoms with Crippen molar-refractivity contribution in [2.45, 2.75) is 51.5 Å². The van der Waals surface area contributed by atoms with E-state index in [-0.39, 0.29) is 5.97 Å². The number of ether oxygens (including phenoxy) is 2. The number of nitrogens with two attached hydrogens (primary N) is 1. The van der Waals surface area contributed by atoms with Gasteiger partial charge in [0, 0.05) is 59.0 Å². The number of rotatable bonds is 8. The summed E-state index contributed by atoms with van der Waals surface area (Å²) in [7, 11) is 0. The van der Waals surface area contributed by atoms with Crippen LogP contribution in [-0.4, -0.2) is 25.2 Å². The summed E-state index contributed by atoms with van der Waals surface area (Å²) >= 11 is 2.26. The first-order valence-corrected chi connectivity index (χ1v) is 10.1. The molecule has 1 atom stereocenters. The van der Waals surface area contributed by atoms with Crippen LogP contribution in [-0.2, 0) is 9.53 Å². The first-order valence-electron chi connectivity index (χ1n) is 9.07. The molecule has 6 heteroatoms. The van der Waals surface area contributed by atoms with Crippen LogP contribution in [0.3, 0.4) is 0 Å². The van der Waals surface area contributed by atoms with E-state index in [4.69, 9.17) is 9.47 Å². The number of fused-ring (bicyclic) bond motifs is 2. The van der Waals surface area contributed by atoms with E-state index < -0.39 is 0 Å². The van der Waals surface area contributed by atoms with Crippen molar-refractivity contribution in [3.63, 3.8) is 0 Å². The number of hydrogen-bond donors (Lipinski definition) is 2. The predicted molar refractivity (Wildman–Crippen MR) is 106 cm³/mol. The molecule has 1 aliphatic carbocycles. The van der Waals surface area contributed by atoms with Crippen LogP contribution in [0.5, 0.6) is 5.75 Å². The first kappa shape index (κ1) is 18.7. The van der Waals surface area contributed by atoms with Gasteiger partial charge >= 0.3 is 5.97 Å². The highest BCUT2D eigenvalue weighted by atomic mass is 127. The number of nitrogens with one attached hydrogen (secondary N) is 1. The highest BCUT2D eigenvalue weighted by Crippen LogP contribution is 2.38. The van der Waals surface area contributed by atoms with Crippen molar-refractivity contribution < 1.29 is 19.6 Å². The highest BCUT2D eigenvalue weighted by molar-refractivity contribution is 14.1. The Morgan fingerprint density at radius 1 is 1.40 bits per heavy atom. The quantitative estimate of drug-likeness (QED) is 0.207. The van der Waals surface area contributed by atoms with Crippen LogP contribution < -0.4 is 13.6 Å². The van der Waals surface area contributed by atoms with Gasteiger partial charge in [0.25, 0.3) is 0 Å². The number of halogens is 1. The van der Waals surface area contributed by atoms with Crippen molar-refractivity contribution >= 4 is 40.1 Å². The summed E-state index contributed by atoms with van der Waals surface area (Å²) in [5.41, 5.74) is 5.61. The summed E-state index contributed by atoms with van der Waals surface area (Å²) in [5, 5.41) is 2.33. The summed E-state index contributed by atoms with van der Waals surface area (Å²) < 4.78 is 14.2. The zero-order valence-corrected chi connectivity index (χ0v) is 16.8. The summed E-state index contributed by atoms with van der Waals surface area (Å²) in [5.74, 6) is 0.798. The van der Waals surface area contributed by atoms with Crippen LogP contribution in [0.4, 0.5) is 5.69 Å². The molecule has 1 aliphatic heterocycles. The average molecular weight is 457 g/mol. The molecule has 136 valence electrons. The van der Waals surface area contributed by atoms with Crippen molar-refractivity contribution in [2.24, 2.45) is 0 Å². The maximum Gasteiger partial charge on any atom is 0.305 e. The molecule has 0 spiro atoms. The number of unbranched alkanes of at least 4 members (excludes halogenated alkanes) is 1. The van der Waals surface area contributed by atoms with Gasteiger partial charge < -0.3 is 9.47 Å². The largest absolute Gasteiger partial charge is 0.494 e. The second kappa shape index (κ2) is 9.00. The summed E-state index contributed by atoms with van der Waals surface area (Å²) in [6, 6.07) is 6.95. The van der Waals surface area contributed by atoms with Crippen molar-refractivity contribution in [1.82, 2.24) is 3.53 Å². The fraction of sp³-hybridized carbons (Fsp3) is 0.526. The molecule has 3 rings (SSSR count). The van der Waals surface area contributed by atoms with E-state index in [9.17, 15) is 4.79 Å². The van der Waals surface area contributed by atoms with Crippen LogP contribution in [0.15, 0.2) is 23.9 Å². The zero-order valence-electron chi connectivity index (χ0n) is 14.6. The standard InChI is InChI=1S/C19H25IN2O3/c1-2-24-19(23)5-3-4-10-25-14-7-9-18-16(12-14)15-11-13(22-20)6-8-17(15)21-18/h7,9,12-13,21-22H,2-6,8,10-11H2,1H3/p+1. The highest BCUT2D eigenvalue weighted by Gasteiger charge is 2.32. The van der Waals surface area contributed by atoms with Gasteiger partial charge in [-0.15, -0.1) is 0 Å². The number of benzene rings is 1. The van der Waals surface area contributed by atoms with Gasteiger partial charge in [-0.1, -0.05) is 0 Å². The van der Waals surface area contributed by atoms with E-state index in [1.165, 1.54) is 28.9 Å². The summed E-state index contributed by atoms with van der Waals surface area (Å²) in [6.45, 7) is 2.91. The Kier molecular flexibility index (Phi) is 6.72. The Bertz CT molecular complexity index is 660. The fourth-order valence-corrected chi connectivity index (χ4v) is 4.02. The smallest absolute Gasteiger partial charge is 0.305 e. The molecule has 0 bridgehead atoms. The molecule has 0 saturated heterocycles. The van der Waals surface area contributed by atoms with Gasteiger partial charge in [0.15, 0.2) is 0 Å². The minimum Gasteiger partial charge on any atom is -0.494 e. The SMILES string of the molecule is CCOC(=O)CCCCOc1ccc2c(c1)C1=C(CCC(NI)C1)[NH2+]2. The van der Waals surface area contributed by atoms with E-state index in [0.29, 0.717) is 25.7 Å². The van der Waals surface area contributed by atoms with E-state index >= 15 is 0 Å². The van der Waals surface area contributed by atoms with Crippen LogP contribution in [0.2, 0.25) is 0 Å². The van der Waals surface area contributed by atoms with Crippen LogP contribution in [0.25, 0.3) is 5.57 Å². The van der Waals surface area contributed by atoms with E-state index in [2.05, 4.69) is 43.8 Å². The van der Waals surface area contributed by atoms with Gasteiger partial charge in [-0.25, -0.2) is 0 Å². The number of quaternary nitrogens is 1. The van der Waals surface area contributed by atoms with Crippen molar-refractivity contribution in [2.75, 3.05) is 13.2 Å². The maximum absolute atomic E-state index is 11.3. The second-order valence-electron chi connectivity index (χ2n) is 6.56. The van der Waals surface area contributed by atoms with Gasteiger partial charge in [0.1, 0.15) is 17.1 Å². The molecule has 0 fully saturated rings. The van der Waals surface area contributed by atoms with Crippen molar-refractivity contribution in [1.29, 1.82) is 0 Å². The molecule has 5 nitrogen and oxygen atoms in total. The number of carbonyl (C=O) groups excluding carboxylic acids is 1. The lowest BCUT2D eigenvalue weighted by molar-refractivity contribution is -0.516. The van der Waals surface area contributed by atoms with Crippen LogP contribution >= 0.6 is 22.9 Å². The first-order chi connectivity index (χ1) is 12.2. The van der Waals surface area contributed by atoms with E-state index in [1.54, 1.807) is 0 Å². The number of hydrogen-bond acceptors (Lipinski definition) is 4. The van der Waals surface area contributed by atoms with Gasteiger partial charge in [-0.05, 0) is 44.7 Å². The third-order valence-electron chi connectivity index (χ3n) is 4.78. The Balaban J connectivity index is 1.52. The Morgan fingerprint density at radius 2 is 2.28 bits per heavy atom. The normalized spacial score (nSPS) is 18.7. The average Bonchev–Trinajstić information content (AvgIpc) is 2.98. The molecular formula is C19H26IN2O3+. The molecule has 1 aromatic rings. The van der Waals surface area contributed by atoms with Crippen molar-refractivity contribution in [3.8, 4) is 5.75 Å².